The molecule has 6 heteroatoms. The Bertz CT molecular complexity index is 448. The molecule has 1 aliphatic rings. The molecule has 0 aliphatic carbocycles. The van der Waals surface area contributed by atoms with Gasteiger partial charge in [0, 0.05) is 13.1 Å². The summed E-state index contributed by atoms with van der Waals surface area (Å²) in [6, 6.07) is 3.39. The molecule has 0 bridgehead atoms. The van der Waals surface area contributed by atoms with E-state index in [1.54, 1.807) is 17.5 Å². The SMILES string of the molecule is CC1(CNS(=O)(=O)c2cccs2)CCCNC1. The Balaban J connectivity index is 1.98. The molecule has 2 rings (SSSR count). The van der Waals surface area contributed by atoms with Gasteiger partial charge in [0.2, 0.25) is 10.0 Å². The standard InChI is InChI=1S/C11H18N2O2S2/c1-11(5-3-6-12-8-11)9-13-17(14,15)10-4-2-7-16-10/h2,4,7,12-13H,3,5-6,8-9H2,1H3. The molecule has 4 nitrogen and oxygen atoms in total. The van der Waals surface area contributed by atoms with E-state index in [1.165, 1.54) is 11.3 Å². The molecule has 1 fully saturated rings. The molecular weight excluding hydrogens is 256 g/mol. The highest BCUT2D eigenvalue weighted by Crippen LogP contribution is 2.25. The molecule has 1 aromatic rings. The Hall–Kier alpha value is -0.430. The minimum absolute atomic E-state index is 0.0303. The van der Waals surface area contributed by atoms with Crippen molar-refractivity contribution in [3.05, 3.63) is 17.5 Å². The Kier molecular flexibility index (Phi) is 3.87. The van der Waals surface area contributed by atoms with Gasteiger partial charge in [0.25, 0.3) is 0 Å². The summed E-state index contributed by atoms with van der Waals surface area (Å²) in [7, 11) is -3.31. The van der Waals surface area contributed by atoms with Gasteiger partial charge in [-0.15, -0.1) is 11.3 Å². The second-order valence-corrected chi connectivity index (χ2v) is 7.79. The molecule has 0 saturated carbocycles. The minimum atomic E-state index is -3.31. The molecule has 0 spiro atoms. The lowest BCUT2D eigenvalue weighted by Crippen LogP contribution is -2.45. The quantitative estimate of drug-likeness (QED) is 0.873. The van der Waals surface area contributed by atoms with Crippen molar-refractivity contribution in [2.75, 3.05) is 19.6 Å². The van der Waals surface area contributed by atoms with E-state index in [9.17, 15) is 8.42 Å². The van der Waals surface area contributed by atoms with Gasteiger partial charge in [0.15, 0.2) is 0 Å². The average Bonchev–Trinajstić information content (AvgIpc) is 2.82. The highest BCUT2D eigenvalue weighted by molar-refractivity contribution is 7.91. The van der Waals surface area contributed by atoms with E-state index in [4.69, 9.17) is 0 Å². The van der Waals surface area contributed by atoms with Crippen molar-refractivity contribution in [3.8, 4) is 0 Å². The number of thiophene rings is 1. The van der Waals surface area contributed by atoms with Gasteiger partial charge in [0.1, 0.15) is 4.21 Å². The summed E-state index contributed by atoms with van der Waals surface area (Å²) in [5.41, 5.74) is 0.0303. The van der Waals surface area contributed by atoms with Crippen molar-refractivity contribution in [3.63, 3.8) is 0 Å². The molecule has 0 aromatic carbocycles. The van der Waals surface area contributed by atoms with Crippen LogP contribution < -0.4 is 10.0 Å². The summed E-state index contributed by atoms with van der Waals surface area (Å²) >= 11 is 1.25. The topological polar surface area (TPSA) is 58.2 Å². The Labute approximate surface area is 106 Å². The summed E-state index contributed by atoms with van der Waals surface area (Å²) in [6.07, 6.45) is 2.17. The molecule has 1 atom stereocenters. The molecule has 1 unspecified atom stereocenters. The van der Waals surface area contributed by atoms with Crippen molar-refractivity contribution in [1.29, 1.82) is 0 Å². The highest BCUT2D eigenvalue weighted by Gasteiger charge is 2.28. The van der Waals surface area contributed by atoms with Gasteiger partial charge in [-0.2, -0.15) is 0 Å². The fourth-order valence-electron chi connectivity index (χ4n) is 2.03. The lowest BCUT2D eigenvalue weighted by molar-refractivity contribution is 0.238. The van der Waals surface area contributed by atoms with Gasteiger partial charge in [-0.05, 0) is 36.2 Å². The molecule has 17 heavy (non-hydrogen) atoms. The first-order chi connectivity index (χ1) is 8.02. The normalized spacial score (nSPS) is 25.9. The van der Waals surface area contributed by atoms with Gasteiger partial charge < -0.3 is 5.32 Å². The monoisotopic (exact) mass is 274 g/mol. The van der Waals surface area contributed by atoms with Crippen LogP contribution in [0.15, 0.2) is 21.7 Å². The maximum absolute atomic E-state index is 12.0. The second-order valence-electron chi connectivity index (χ2n) is 4.85. The summed E-state index contributed by atoms with van der Waals surface area (Å²) in [4.78, 5) is 0. The molecule has 0 amide bonds. The van der Waals surface area contributed by atoms with E-state index in [0.29, 0.717) is 10.8 Å². The highest BCUT2D eigenvalue weighted by atomic mass is 32.2. The molecule has 96 valence electrons. The minimum Gasteiger partial charge on any atom is -0.316 e. The van der Waals surface area contributed by atoms with Crippen molar-refractivity contribution in [2.45, 2.75) is 24.0 Å². The van der Waals surface area contributed by atoms with Crippen molar-refractivity contribution >= 4 is 21.4 Å². The lowest BCUT2D eigenvalue weighted by Gasteiger charge is -2.34. The first-order valence-electron chi connectivity index (χ1n) is 5.76. The third-order valence-corrected chi connectivity index (χ3v) is 5.93. The van der Waals surface area contributed by atoms with Crippen molar-refractivity contribution < 1.29 is 8.42 Å². The van der Waals surface area contributed by atoms with Crippen LogP contribution in [-0.2, 0) is 10.0 Å². The van der Waals surface area contributed by atoms with E-state index in [2.05, 4.69) is 17.0 Å². The zero-order chi connectivity index (χ0) is 12.4. The molecule has 2 heterocycles. The van der Waals surface area contributed by atoms with Crippen LogP contribution in [0.3, 0.4) is 0 Å². The third-order valence-electron chi connectivity index (χ3n) is 3.13. The van der Waals surface area contributed by atoms with Crippen LogP contribution in [0.25, 0.3) is 0 Å². The number of sulfonamides is 1. The van der Waals surface area contributed by atoms with Crippen molar-refractivity contribution in [1.82, 2.24) is 10.0 Å². The van der Waals surface area contributed by atoms with Crippen LogP contribution in [-0.4, -0.2) is 28.1 Å². The van der Waals surface area contributed by atoms with Gasteiger partial charge in [0.05, 0.1) is 0 Å². The van der Waals surface area contributed by atoms with Crippen LogP contribution in [0.1, 0.15) is 19.8 Å². The molecule has 1 aromatic heterocycles. The fourth-order valence-corrected chi connectivity index (χ4v) is 4.26. The zero-order valence-electron chi connectivity index (χ0n) is 9.90. The fraction of sp³-hybridized carbons (Fsp3) is 0.636. The molecule has 2 N–H and O–H groups in total. The summed E-state index contributed by atoms with van der Waals surface area (Å²) in [5.74, 6) is 0. The van der Waals surface area contributed by atoms with Crippen LogP contribution in [0.5, 0.6) is 0 Å². The Morgan fingerprint density at radius 1 is 1.59 bits per heavy atom. The van der Waals surface area contributed by atoms with Gasteiger partial charge in [-0.25, -0.2) is 13.1 Å². The average molecular weight is 274 g/mol. The van der Waals surface area contributed by atoms with Crippen LogP contribution in [0, 0.1) is 5.41 Å². The number of rotatable bonds is 4. The summed E-state index contributed by atoms with van der Waals surface area (Å²) in [5, 5.41) is 5.09. The molecule has 0 radical (unpaired) electrons. The van der Waals surface area contributed by atoms with Crippen LogP contribution in [0.4, 0.5) is 0 Å². The Morgan fingerprint density at radius 2 is 2.41 bits per heavy atom. The zero-order valence-corrected chi connectivity index (χ0v) is 11.5. The van der Waals surface area contributed by atoms with E-state index in [0.717, 1.165) is 25.9 Å². The predicted molar refractivity (Wildman–Crippen MR) is 69.7 cm³/mol. The summed E-state index contributed by atoms with van der Waals surface area (Å²) < 4.78 is 27.0. The molecular formula is C11H18N2O2S2. The van der Waals surface area contributed by atoms with Gasteiger partial charge in [-0.1, -0.05) is 13.0 Å². The maximum Gasteiger partial charge on any atom is 0.250 e. The lowest BCUT2D eigenvalue weighted by atomic mass is 9.83. The largest absolute Gasteiger partial charge is 0.316 e. The first-order valence-corrected chi connectivity index (χ1v) is 8.12. The van der Waals surface area contributed by atoms with Gasteiger partial charge >= 0.3 is 0 Å². The van der Waals surface area contributed by atoms with Crippen LogP contribution in [0.2, 0.25) is 0 Å². The second kappa shape index (κ2) is 5.06. The van der Waals surface area contributed by atoms with Crippen molar-refractivity contribution in [2.24, 2.45) is 5.41 Å². The van der Waals surface area contributed by atoms with E-state index in [1.807, 2.05) is 0 Å². The van der Waals surface area contributed by atoms with Crippen LogP contribution >= 0.6 is 11.3 Å². The first kappa shape index (κ1) is 13.0. The number of piperidine rings is 1. The molecule has 1 aliphatic heterocycles. The predicted octanol–water partition coefficient (Wildman–Crippen LogP) is 1.42. The third kappa shape index (κ3) is 3.28. The molecule has 1 saturated heterocycles. The van der Waals surface area contributed by atoms with E-state index >= 15 is 0 Å². The van der Waals surface area contributed by atoms with Gasteiger partial charge in [-0.3, -0.25) is 0 Å². The maximum atomic E-state index is 12.0. The number of hydrogen-bond acceptors (Lipinski definition) is 4. The van der Waals surface area contributed by atoms with E-state index in [-0.39, 0.29) is 5.41 Å². The summed E-state index contributed by atoms with van der Waals surface area (Å²) in [6.45, 7) is 4.53. The van der Waals surface area contributed by atoms with E-state index < -0.39 is 10.0 Å². The number of hydrogen-bond donors (Lipinski definition) is 2. The Morgan fingerprint density at radius 3 is 3.00 bits per heavy atom. The smallest absolute Gasteiger partial charge is 0.250 e. The number of nitrogens with one attached hydrogen (secondary N) is 2.